The molecular formula is C52H48Cl3F3N12O. The molecule has 3 aromatic heterocycles. The quantitative estimate of drug-likeness (QED) is 0.121. The van der Waals surface area contributed by atoms with Crippen molar-refractivity contribution in [3.05, 3.63) is 141 Å². The molecule has 6 aliphatic rings. The zero-order chi connectivity index (χ0) is 48.8. The number of rotatable bonds is 10. The van der Waals surface area contributed by atoms with Gasteiger partial charge in [-0.2, -0.15) is 10.2 Å². The number of H-pyrrole nitrogens is 1. The van der Waals surface area contributed by atoms with Crippen LogP contribution in [0.25, 0.3) is 33.3 Å². The van der Waals surface area contributed by atoms with E-state index in [1.54, 1.807) is 41.4 Å². The Balaban J connectivity index is 0.854. The van der Waals surface area contributed by atoms with Crippen LogP contribution in [0.1, 0.15) is 49.8 Å². The number of likely N-dealkylation sites (tertiary alicyclic amines) is 1. The van der Waals surface area contributed by atoms with Crippen molar-refractivity contribution in [2.24, 2.45) is 35.1 Å². The van der Waals surface area contributed by atoms with Crippen LogP contribution < -0.4 is 21.3 Å². The number of fused-ring (bicyclic) bond motifs is 4. The molecule has 3 saturated carbocycles. The molecule has 364 valence electrons. The summed E-state index contributed by atoms with van der Waals surface area (Å²) in [5.74, 6) is -0.922. The Kier molecular flexibility index (Phi) is 10.3. The number of aromatic nitrogens is 6. The molecule has 3 aliphatic carbocycles. The summed E-state index contributed by atoms with van der Waals surface area (Å²) in [4.78, 5) is 32.5. The van der Waals surface area contributed by atoms with Crippen LogP contribution >= 0.6 is 34.8 Å². The van der Waals surface area contributed by atoms with Crippen molar-refractivity contribution in [2.45, 2.75) is 61.8 Å². The summed E-state index contributed by atoms with van der Waals surface area (Å²) in [5, 5.41) is 14.2. The molecule has 2 unspecified atom stereocenters. The van der Waals surface area contributed by atoms with Gasteiger partial charge in [-0.1, -0.05) is 59.1 Å². The van der Waals surface area contributed by atoms with Crippen molar-refractivity contribution in [2.75, 3.05) is 42.5 Å². The lowest BCUT2D eigenvalue weighted by molar-refractivity contribution is -0.117. The van der Waals surface area contributed by atoms with Crippen molar-refractivity contribution in [1.82, 2.24) is 39.7 Å². The highest BCUT2D eigenvalue weighted by molar-refractivity contribution is 6.44. The molecule has 19 heteroatoms. The van der Waals surface area contributed by atoms with Gasteiger partial charge in [0.15, 0.2) is 5.65 Å². The van der Waals surface area contributed by atoms with Crippen molar-refractivity contribution in [1.29, 1.82) is 0 Å². The number of piperidine rings is 2. The topological polar surface area (TPSA) is 154 Å². The second-order valence-corrected chi connectivity index (χ2v) is 21.3. The molecule has 13 nitrogen and oxygen atoms in total. The summed E-state index contributed by atoms with van der Waals surface area (Å²) < 4.78 is 49.0. The number of nitrogens with one attached hydrogen (secondary N) is 1. The van der Waals surface area contributed by atoms with E-state index in [-0.39, 0.29) is 57.5 Å². The molecule has 1 amide bonds. The maximum Gasteiger partial charge on any atom is 0.256 e. The molecule has 7 aromatic rings. The SMILES string of the molecule is CC1N(c2cccc(Cl)c2Cl)C(=O)C=C(N2CC[C@@H]3[C@H](C2)[C@@]3(CN)c2cc(F)ccc2F)N1C(N)[C@]1(c2ccccc2F)[C@@H]2CCN(c3cnc4c(-c5ccc6c(cnn6C6CC6)c5Cl)n[nH]c4n3)C[C@@H]21. The minimum atomic E-state index is -0.956. The Morgan fingerprint density at radius 1 is 0.845 bits per heavy atom. The highest BCUT2D eigenvalue weighted by Crippen LogP contribution is 2.67. The van der Waals surface area contributed by atoms with Gasteiger partial charge in [-0.25, -0.2) is 23.1 Å². The highest BCUT2D eigenvalue weighted by Gasteiger charge is 2.72. The number of carbonyl (C=O) groups is 1. The van der Waals surface area contributed by atoms with E-state index in [0.29, 0.717) is 89.8 Å². The van der Waals surface area contributed by atoms with Crippen molar-refractivity contribution in [3.63, 3.8) is 0 Å². The van der Waals surface area contributed by atoms with Crippen LogP contribution in [0, 0.1) is 41.1 Å². The number of amides is 1. The van der Waals surface area contributed by atoms with Crippen molar-refractivity contribution >= 4 is 74.3 Å². The maximum atomic E-state index is 16.7. The van der Waals surface area contributed by atoms with Gasteiger partial charge in [0.1, 0.15) is 46.5 Å². The van der Waals surface area contributed by atoms with Gasteiger partial charge in [0.05, 0.1) is 50.9 Å². The lowest BCUT2D eigenvalue weighted by Crippen LogP contribution is -2.64. The number of anilines is 2. The van der Waals surface area contributed by atoms with E-state index in [1.165, 1.54) is 12.1 Å². The number of aromatic amines is 1. The first-order valence-corrected chi connectivity index (χ1v) is 25.3. The highest BCUT2D eigenvalue weighted by atomic mass is 35.5. The average Bonchev–Trinajstić information content (AvgIpc) is 4.33. The molecule has 6 heterocycles. The van der Waals surface area contributed by atoms with E-state index < -0.39 is 34.8 Å². The number of nitrogens with zero attached hydrogens (tertiary/aromatic N) is 9. The normalized spacial score (nSPS) is 27.5. The van der Waals surface area contributed by atoms with Gasteiger partial charge in [0, 0.05) is 60.6 Å². The Hall–Kier alpha value is -5.91. The number of carbonyl (C=O) groups excluding carboxylic acids is 1. The van der Waals surface area contributed by atoms with Gasteiger partial charge in [-0.3, -0.25) is 19.5 Å². The summed E-state index contributed by atoms with van der Waals surface area (Å²) >= 11 is 20.5. The van der Waals surface area contributed by atoms with E-state index in [9.17, 15) is 9.18 Å². The predicted molar refractivity (Wildman–Crippen MR) is 267 cm³/mol. The minimum Gasteiger partial charge on any atom is -0.358 e. The zero-order valence-corrected chi connectivity index (χ0v) is 40.7. The fraction of sp³-hybridized carbons (Fsp3) is 0.365. The van der Waals surface area contributed by atoms with Crippen LogP contribution in [0.15, 0.2) is 97.1 Å². The second kappa shape index (κ2) is 16.3. The maximum absolute atomic E-state index is 16.7. The minimum absolute atomic E-state index is 0.00352. The molecule has 4 aromatic carbocycles. The molecule has 13 rings (SSSR count). The molecule has 0 spiro atoms. The Morgan fingerprint density at radius 2 is 1.62 bits per heavy atom. The predicted octanol–water partition coefficient (Wildman–Crippen LogP) is 9.15. The van der Waals surface area contributed by atoms with Gasteiger partial charge in [0.25, 0.3) is 5.91 Å². The Bertz CT molecular complexity index is 3380. The average molecular weight is 1020 g/mol. The van der Waals surface area contributed by atoms with E-state index in [1.807, 2.05) is 47.0 Å². The first-order valence-electron chi connectivity index (χ1n) is 24.2. The number of hydrogen-bond donors (Lipinski definition) is 3. The van der Waals surface area contributed by atoms with Crippen molar-refractivity contribution < 1.29 is 18.0 Å². The summed E-state index contributed by atoms with van der Waals surface area (Å²) in [7, 11) is 0. The van der Waals surface area contributed by atoms with Crippen molar-refractivity contribution in [3.8, 4) is 11.3 Å². The molecule has 2 saturated heterocycles. The van der Waals surface area contributed by atoms with Gasteiger partial charge < -0.3 is 26.2 Å². The first kappa shape index (κ1) is 45.0. The Morgan fingerprint density at radius 3 is 2.42 bits per heavy atom. The van der Waals surface area contributed by atoms with Crippen LogP contribution in [0.2, 0.25) is 15.1 Å². The number of nitrogens with two attached hydrogens (primary N) is 2. The lowest BCUT2D eigenvalue weighted by atomic mass is 9.86. The molecule has 8 atom stereocenters. The summed E-state index contributed by atoms with van der Waals surface area (Å²) in [6.45, 7) is 3.98. The fourth-order valence-electron chi connectivity index (χ4n) is 13.4. The van der Waals surface area contributed by atoms with Gasteiger partial charge >= 0.3 is 0 Å². The first-order chi connectivity index (χ1) is 34.4. The molecule has 0 bridgehead atoms. The Labute approximate surface area is 421 Å². The number of hydrogen-bond acceptors (Lipinski definition) is 10. The standard InChI is InChI=1S/C52H48Cl3F3N12O/c1-26-68(41-8-4-6-37(53)46(41)55)44(71)20-43(67-18-15-31-35(23-67)51(31,25-59)34-19-27(56)9-13-39(34)58)69(26)50(60)52(33-5-2-3-7-38(33)57)32-16-17-66(24-36(32)52)42-22-61-48-47(64-65-49(48)63-42)29-12-14-40-30(45(29)54)21-62-70(40)28-10-11-28/h2-9,12-14,19-22,26,28,31-32,35-36,50H,10-11,15-18,23-25,59-60H2,1H3,(H,63,64,65)/t26?,31-,32-,35+,36+,50?,51-,52+/m1/s1. The number of halogens is 6. The fourth-order valence-corrected chi connectivity index (χ4v) is 14.1. The molecule has 5 N–H and O–H groups in total. The van der Waals surface area contributed by atoms with Crippen LogP contribution in [-0.4, -0.2) is 90.7 Å². The van der Waals surface area contributed by atoms with Gasteiger partial charge in [-0.15, -0.1) is 0 Å². The largest absolute Gasteiger partial charge is 0.358 e. The summed E-state index contributed by atoms with van der Waals surface area (Å²) in [6, 6.07) is 19.9. The summed E-state index contributed by atoms with van der Waals surface area (Å²) in [6.07, 6.45) is 6.94. The zero-order valence-electron chi connectivity index (χ0n) is 38.4. The van der Waals surface area contributed by atoms with Crippen LogP contribution in [0.3, 0.4) is 0 Å². The molecule has 5 fully saturated rings. The van der Waals surface area contributed by atoms with E-state index in [4.69, 9.17) is 56.2 Å². The third-order valence-electron chi connectivity index (χ3n) is 16.9. The van der Waals surface area contributed by atoms with Crippen LogP contribution in [-0.2, 0) is 15.6 Å². The van der Waals surface area contributed by atoms with E-state index in [2.05, 4.69) is 25.1 Å². The molecule has 0 radical (unpaired) electrons. The lowest BCUT2D eigenvalue weighted by Gasteiger charge is -2.51. The van der Waals surface area contributed by atoms with Gasteiger partial charge in [0.2, 0.25) is 0 Å². The third kappa shape index (κ3) is 6.56. The number of benzene rings is 4. The molecular weight excluding hydrogens is 972 g/mol. The van der Waals surface area contributed by atoms with Gasteiger partial charge in [-0.05, 0) is 116 Å². The summed E-state index contributed by atoms with van der Waals surface area (Å²) in [5.41, 5.74) is 17.1. The van der Waals surface area contributed by atoms with Crippen LogP contribution in [0.4, 0.5) is 24.7 Å². The van der Waals surface area contributed by atoms with E-state index >= 15 is 8.78 Å². The molecule has 71 heavy (non-hydrogen) atoms. The monoisotopic (exact) mass is 1020 g/mol. The second-order valence-electron chi connectivity index (χ2n) is 20.1. The third-order valence-corrected chi connectivity index (χ3v) is 18.2. The smallest absolute Gasteiger partial charge is 0.256 e. The van der Waals surface area contributed by atoms with Crippen LogP contribution in [0.5, 0.6) is 0 Å². The van der Waals surface area contributed by atoms with E-state index in [0.717, 1.165) is 41.4 Å². The molecule has 3 aliphatic heterocycles.